The van der Waals surface area contributed by atoms with Crippen molar-refractivity contribution in [3.63, 3.8) is 0 Å². The molecule has 0 aliphatic carbocycles. The molecule has 4 N–H and O–H groups in total. The quantitative estimate of drug-likeness (QED) is 0.656. The van der Waals surface area contributed by atoms with Crippen molar-refractivity contribution in [2.45, 2.75) is 17.7 Å². The van der Waals surface area contributed by atoms with Gasteiger partial charge in [-0.15, -0.1) is 0 Å². The summed E-state index contributed by atoms with van der Waals surface area (Å²) in [4.78, 5) is 15.1. The van der Waals surface area contributed by atoms with E-state index in [0.29, 0.717) is 11.3 Å². The number of methoxy groups -OCH3 is 1. The van der Waals surface area contributed by atoms with E-state index >= 15 is 0 Å². The highest BCUT2D eigenvalue weighted by Crippen LogP contribution is 2.38. The van der Waals surface area contributed by atoms with Gasteiger partial charge in [0, 0.05) is 28.2 Å². The minimum absolute atomic E-state index is 0.00636. The average Bonchev–Trinajstić information content (AvgIpc) is 3.12. The fraction of sp³-hybridized carbons (Fsp3) is 0.167. The second-order valence-corrected chi connectivity index (χ2v) is 7.89. The van der Waals surface area contributed by atoms with Crippen LogP contribution in [-0.2, 0) is 14.8 Å². The Bertz CT molecular complexity index is 1160. The summed E-state index contributed by atoms with van der Waals surface area (Å²) < 4.78 is 28.4. The molecule has 8 heteroatoms. The van der Waals surface area contributed by atoms with Crippen molar-refractivity contribution in [2.75, 3.05) is 12.4 Å². The van der Waals surface area contributed by atoms with E-state index in [2.05, 4.69) is 10.3 Å². The van der Waals surface area contributed by atoms with Gasteiger partial charge in [-0.25, -0.2) is 13.6 Å². The van der Waals surface area contributed by atoms with Gasteiger partial charge < -0.3 is 15.0 Å². The van der Waals surface area contributed by atoms with Gasteiger partial charge in [-0.3, -0.25) is 4.79 Å². The second kappa shape index (κ2) is 5.58. The topological polar surface area (TPSA) is 114 Å². The first-order valence-electron chi connectivity index (χ1n) is 7.96. The Morgan fingerprint density at radius 2 is 1.92 bits per heavy atom. The maximum atomic E-state index is 11.8. The molecule has 1 aliphatic heterocycles. The van der Waals surface area contributed by atoms with Crippen LogP contribution >= 0.6 is 0 Å². The first kappa shape index (κ1) is 16.6. The van der Waals surface area contributed by atoms with Crippen molar-refractivity contribution >= 4 is 32.5 Å². The van der Waals surface area contributed by atoms with Crippen molar-refractivity contribution in [3.8, 4) is 17.0 Å². The fourth-order valence-electron chi connectivity index (χ4n) is 3.26. The van der Waals surface area contributed by atoms with Crippen LogP contribution in [0.25, 0.3) is 22.2 Å². The van der Waals surface area contributed by atoms with Gasteiger partial charge in [0.05, 0.1) is 23.6 Å². The molecule has 0 saturated heterocycles. The molecule has 2 aromatic carbocycles. The van der Waals surface area contributed by atoms with Gasteiger partial charge in [0.25, 0.3) is 0 Å². The van der Waals surface area contributed by atoms with Crippen molar-refractivity contribution in [3.05, 3.63) is 42.0 Å². The molecule has 1 aliphatic rings. The van der Waals surface area contributed by atoms with Gasteiger partial charge in [0.2, 0.25) is 15.9 Å². The van der Waals surface area contributed by atoms with Crippen LogP contribution in [0, 0.1) is 0 Å². The first-order chi connectivity index (χ1) is 12.3. The number of aromatic nitrogens is 1. The molecule has 7 nitrogen and oxygen atoms in total. The molecule has 0 fully saturated rings. The summed E-state index contributed by atoms with van der Waals surface area (Å²) in [5.41, 5.74) is 4.13. The number of carbonyl (C=O) groups excluding carboxylic acids is 1. The van der Waals surface area contributed by atoms with E-state index in [1.807, 2.05) is 25.1 Å². The number of nitrogens with two attached hydrogens (primary N) is 1. The minimum atomic E-state index is -3.81. The Kier molecular flexibility index (Phi) is 3.57. The van der Waals surface area contributed by atoms with E-state index in [1.165, 1.54) is 19.2 Å². The molecule has 0 spiro atoms. The molecule has 3 aromatic rings. The molecule has 26 heavy (non-hydrogen) atoms. The highest BCUT2D eigenvalue weighted by molar-refractivity contribution is 7.89. The molecule has 0 saturated carbocycles. The molecule has 1 aromatic heterocycles. The van der Waals surface area contributed by atoms with Gasteiger partial charge in [-0.1, -0.05) is 0 Å². The summed E-state index contributed by atoms with van der Waals surface area (Å²) in [6, 6.07) is 10.3. The van der Waals surface area contributed by atoms with Crippen LogP contribution in [0.1, 0.15) is 18.4 Å². The lowest BCUT2D eigenvalue weighted by Crippen LogP contribution is -2.12. The average molecular weight is 371 g/mol. The number of ether oxygens (including phenoxy) is 1. The molecule has 2 heterocycles. The molecule has 0 radical (unpaired) electrons. The number of rotatable bonds is 3. The molecular weight excluding hydrogens is 354 g/mol. The predicted molar refractivity (Wildman–Crippen MR) is 98.7 cm³/mol. The molecule has 1 amide bonds. The summed E-state index contributed by atoms with van der Waals surface area (Å²) in [6.45, 7) is 1.87. The van der Waals surface area contributed by atoms with Gasteiger partial charge in [-0.05, 0) is 42.8 Å². The normalized spacial score (nSPS) is 16.6. The lowest BCUT2D eigenvalue weighted by Gasteiger charge is -2.08. The zero-order valence-corrected chi connectivity index (χ0v) is 15.0. The Labute approximate surface area is 150 Å². The van der Waals surface area contributed by atoms with Gasteiger partial charge >= 0.3 is 0 Å². The van der Waals surface area contributed by atoms with E-state index in [-0.39, 0.29) is 16.7 Å². The number of hydrogen-bond acceptors (Lipinski definition) is 4. The number of H-pyrrole nitrogens is 1. The monoisotopic (exact) mass is 371 g/mol. The van der Waals surface area contributed by atoms with Crippen molar-refractivity contribution in [1.29, 1.82) is 0 Å². The number of fused-ring (bicyclic) bond motifs is 2. The summed E-state index contributed by atoms with van der Waals surface area (Å²) in [5.74, 6) is 0.210. The maximum absolute atomic E-state index is 11.8. The molecule has 0 bridgehead atoms. The van der Waals surface area contributed by atoms with Crippen molar-refractivity contribution < 1.29 is 17.9 Å². The van der Waals surface area contributed by atoms with Crippen LogP contribution in [-0.4, -0.2) is 26.4 Å². The zero-order valence-electron chi connectivity index (χ0n) is 14.2. The number of nitrogens with one attached hydrogen (secondary N) is 2. The molecule has 1 atom stereocenters. The fourth-order valence-corrected chi connectivity index (χ4v) is 3.79. The predicted octanol–water partition coefficient (Wildman–Crippen LogP) is 2.55. The van der Waals surface area contributed by atoms with E-state index in [1.54, 1.807) is 6.07 Å². The molecule has 1 unspecified atom stereocenters. The standard InChI is InChI=1S/C18H17N3O4S/c1-9-13-5-10-6-15(20-14(10)8-16(13)21-18(9)22)12-4-3-11(26(19,23)24)7-17(12)25-2/h3-9,20H,1-2H3,(H,21,22)(H2,19,23,24). The van der Waals surface area contributed by atoms with Crippen LogP contribution in [0.3, 0.4) is 0 Å². The smallest absolute Gasteiger partial charge is 0.238 e. The van der Waals surface area contributed by atoms with Crippen molar-refractivity contribution in [1.82, 2.24) is 4.98 Å². The first-order valence-corrected chi connectivity index (χ1v) is 9.51. The Balaban J connectivity index is 1.84. The number of primary sulfonamides is 1. The van der Waals surface area contributed by atoms with Gasteiger partial charge in [0.15, 0.2) is 0 Å². The van der Waals surface area contributed by atoms with Gasteiger partial charge in [0.1, 0.15) is 5.75 Å². The van der Waals surface area contributed by atoms with Crippen LogP contribution in [0.2, 0.25) is 0 Å². The number of amides is 1. The van der Waals surface area contributed by atoms with Crippen LogP contribution in [0.5, 0.6) is 5.75 Å². The number of hydrogen-bond donors (Lipinski definition) is 3. The maximum Gasteiger partial charge on any atom is 0.238 e. The largest absolute Gasteiger partial charge is 0.496 e. The number of anilines is 1. The summed E-state index contributed by atoms with van der Waals surface area (Å²) in [5, 5.41) is 9.01. The van der Waals surface area contributed by atoms with Crippen LogP contribution in [0.15, 0.2) is 41.3 Å². The summed E-state index contributed by atoms with van der Waals surface area (Å²) in [6.07, 6.45) is 0. The second-order valence-electron chi connectivity index (χ2n) is 6.33. The third-order valence-corrected chi connectivity index (χ3v) is 5.61. The Morgan fingerprint density at radius 1 is 1.15 bits per heavy atom. The van der Waals surface area contributed by atoms with E-state index in [9.17, 15) is 13.2 Å². The highest BCUT2D eigenvalue weighted by Gasteiger charge is 2.27. The zero-order chi connectivity index (χ0) is 18.6. The molecular formula is C18H17N3O4S. The lowest BCUT2D eigenvalue weighted by atomic mass is 10.0. The third-order valence-electron chi connectivity index (χ3n) is 4.70. The SMILES string of the molecule is COc1cc(S(N)(=O)=O)ccc1-c1cc2cc3c(cc2[nH]1)NC(=O)C3C. The van der Waals surface area contributed by atoms with E-state index in [4.69, 9.17) is 9.88 Å². The Morgan fingerprint density at radius 3 is 2.62 bits per heavy atom. The van der Waals surface area contributed by atoms with E-state index in [0.717, 1.165) is 27.8 Å². The van der Waals surface area contributed by atoms with Gasteiger partial charge in [-0.2, -0.15) is 0 Å². The number of aromatic amines is 1. The summed E-state index contributed by atoms with van der Waals surface area (Å²) in [7, 11) is -2.34. The number of carbonyl (C=O) groups is 1. The summed E-state index contributed by atoms with van der Waals surface area (Å²) >= 11 is 0. The lowest BCUT2D eigenvalue weighted by molar-refractivity contribution is -0.116. The number of sulfonamides is 1. The Hall–Kier alpha value is -2.84. The van der Waals surface area contributed by atoms with Crippen molar-refractivity contribution in [2.24, 2.45) is 5.14 Å². The highest BCUT2D eigenvalue weighted by atomic mass is 32.2. The molecule has 4 rings (SSSR count). The van der Waals surface area contributed by atoms with Crippen LogP contribution in [0.4, 0.5) is 5.69 Å². The van der Waals surface area contributed by atoms with Crippen LogP contribution < -0.4 is 15.2 Å². The molecule has 134 valence electrons. The third kappa shape index (κ3) is 2.54. The number of benzene rings is 2. The van der Waals surface area contributed by atoms with E-state index < -0.39 is 10.0 Å². The minimum Gasteiger partial charge on any atom is -0.496 e.